The largest absolute Gasteiger partial charge is 0.294 e. The standard InChI is InChI=1S/C23H21FN2O3S/c1-16-13-19(10-11-25-16)23(27)15-17-4-5-18-3-2-12-26(22(18)14-17)30(28,29)21-8-6-20(24)7-9-21/h4-11,13-14H,2-3,12,15H2,1H3. The number of rotatable bonds is 5. The summed E-state index contributed by atoms with van der Waals surface area (Å²) in [7, 11) is -3.82. The smallest absolute Gasteiger partial charge is 0.264 e. The van der Waals surface area contributed by atoms with Crippen molar-refractivity contribution in [2.75, 3.05) is 10.8 Å². The third-order valence-corrected chi connectivity index (χ3v) is 7.04. The molecular weight excluding hydrogens is 403 g/mol. The van der Waals surface area contributed by atoms with E-state index in [0.29, 0.717) is 24.2 Å². The number of carbonyl (C=O) groups excluding carboxylic acids is 1. The Hall–Kier alpha value is -3.06. The monoisotopic (exact) mass is 424 g/mol. The first-order valence-electron chi connectivity index (χ1n) is 9.70. The summed E-state index contributed by atoms with van der Waals surface area (Å²) in [6.45, 7) is 2.17. The van der Waals surface area contributed by atoms with Gasteiger partial charge in [0.05, 0.1) is 10.6 Å². The van der Waals surface area contributed by atoms with Gasteiger partial charge in [0.2, 0.25) is 0 Å². The lowest BCUT2D eigenvalue weighted by atomic mass is 9.97. The van der Waals surface area contributed by atoms with Crippen LogP contribution in [-0.2, 0) is 22.9 Å². The zero-order valence-electron chi connectivity index (χ0n) is 16.5. The number of halogens is 1. The van der Waals surface area contributed by atoms with Gasteiger partial charge in [-0.1, -0.05) is 12.1 Å². The van der Waals surface area contributed by atoms with E-state index >= 15 is 0 Å². The molecule has 5 nitrogen and oxygen atoms in total. The lowest BCUT2D eigenvalue weighted by Gasteiger charge is -2.31. The summed E-state index contributed by atoms with van der Waals surface area (Å²) in [5.74, 6) is -0.538. The molecule has 1 aliphatic rings. The number of nitrogens with zero attached hydrogens (tertiary/aromatic N) is 2. The molecule has 0 amide bonds. The molecule has 0 saturated heterocycles. The van der Waals surface area contributed by atoms with E-state index in [2.05, 4.69) is 4.98 Å². The van der Waals surface area contributed by atoms with E-state index in [1.165, 1.54) is 16.4 Å². The number of fused-ring (bicyclic) bond motifs is 1. The highest BCUT2D eigenvalue weighted by Gasteiger charge is 2.29. The second-order valence-electron chi connectivity index (χ2n) is 7.38. The lowest BCUT2D eigenvalue weighted by Crippen LogP contribution is -2.35. The highest BCUT2D eigenvalue weighted by Crippen LogP contribution is 2.33. The van der Waals surface area contributed by atoms with Gasteiger partial charge in [0.25, 0.3) is 10.0 Å². The number of anilines is 1. The number of sulfonamides is 1. The number of ketones is 1. The Labute approximate surface area is 175 Å². The molecule has 30 heavy (non-hydrogen) atoms. The number of benzene rings is 2. The minimum Gasteiger partial charge on any atom is -0.294 e. The van der Waals surface area contributed by atoms with Crippen molar-refractivity contribution in [3.05, 3.63) is 89.0 Å². The van der Waals surface area contributed by atoms with Crippen LogP contribution in [0.25, 0.3) is 0 Å². The van der Waals surface area contributed by atoms with Crippen LogP contribution in [0.15, 0.2) is 65.7 Å². The van der Waals surface area contributed by atoms with Gasteiger partial charge in [-0.25, -0.2) is 12.8 Å². The number of pyridine rings is 1. The van der Waals surface area contributed by atoms with Crippen molar-refractivity contribution in [2.24, 2.45) is 0 Å². The maximum absolute atomic E-state index is 13.3. The van der Waals surface area contributed by atoms with E-state index in [1.54, 1.807) is 24.4 Å². The van der Waals surface area contributed by atoms with E-state index in [1.807, 2.05) is 19.1 Å². The number of hydrogen-bond donors (Lipinski definition) is 0. The van der Waals surface area contributed by atoms with E-state index in [9.17, 15) is 17.6 Å². The number of carbonyl (C=O) groups is 1. The molecule has 0 unspecified atom stereocenters. The third-order valence-electron chi connectivity index (χ3n) is 5.21. The summed E-state index contributed by atoms with van der Waals surface area (Å²) in [6.07, 6.45) is 3.23. The molecule has 1 aliphatic heterocycles. The van der Waals surface area contributed by atoms with Crippen molar-refractivity contribution in [3.8, 4) is 0 Å². The Morgan fingerprint density at radius 1 is 1.10 bits per heavy atom. The summed E-state index contributed by atoms with van der Waals surface area (Å²) in [5.41, 5.74) is 3.60. The van der Waals surface area contributed by atoms with Crippen LogP contribution in [0.4, 0.5) is 10.1 Å². The van der Waals surface area contributed by atoms with Gasteiger partial charge in [-0.15, -0.1) is 0 Å². The third kappa shape index (κ3) is 3.98. The van der Waals surface area contributed by atoms with Crippen molar-refractivity contribution < 1.29 is 17.6 Å². The zero-order valence-corrected chi connectivity index (χ0v) is 17.3. The van der Waals surface area contributed by atoms with Crippen LogP contribution in [-0.4, -0.2) is 25.7 Å². The first kappa shape index (κ1) is 20.2. The molecule has 0 N–H and O–H groups in total. The fourth-order valence-electron chi connectivity index (χ4n) is 3.69. The van der Waals surface area contributed by atoms with Crippen LogP contribution < -0.4 is 4.31 Å². The molecule has 3 aromatic rings. The highest BCUT2D eigenvalue weighted by atomic mass is 32.2. The van der Waals surface area contributed by atoms with Crippen LogP contribution >= 0.6 is 0 Å². The predicted molar refractivity (Wildman–Crippen MR) is 113 cm³/mol. The Morgan fingerprint density at radius 2 is 1.87 bits per heavy atom. The second kappa shape index (κ2) is 7.99. The summed E-state index contributed by atoms with van der Waals surface area (Å²) in [5, 5.41) is 0. The van der Waals surface area contributed by atoms with Crippen LogP contribution in [0.3, 0.4) is 0 Å². The molecule has 4 rings (SSSR count). The normalized spacial score (nSPS) is 13.7. The van der Waals surface area contributed by atoms with Gasteiger partial charge < -0.3 is 0 Å². The van der Waals surface area contributed by atoms with E-state index in [-0.39, 0.29) is 17.1 Å². The molecule has 0 saturated carbocycles. The number of Topliss-reactive ketones (excluding diaryl/α,β-unsaturated/α-hetero) is 1. The molecule has 2 heterocycles. The van der Waals surface area contributed by atoms with Gasteiger partial charge in [-0.05, 0) is 73.4 Å². The molecule has 0 atom stereocenters. The van der Waals surface area contributed by atoms with Crippen LogP contribution in [0.5, 0.6) is 0 Å². The van der Waals surface area contributed by atoms with E-state index in [0.717, 1.165) is 35.4 Å². The van der Waals surface area contributed by atoms with Crippen molar-refractivity contribution in [1.29, 1.82) is 0 Å². The maximum Gasteiger partial charge on any atom is 0.264 e. The van der Waals surface area contributed by atoms with Crippen molar-refractivity contribution >= 4 is 21.5 Å². The molecule has 2 aromatic carbocycles. The Kier molecular flexibility index (Phi) is 5.39. The van der Waals surface area contributed by atoms with Gasteiger partial charge in [0, 0.05) is 30.4 Å². The molecule has 0 spiro atoms. The van der Waals surface area contributed by atoms with E-state index < -0.39 is 15.8 Å². The van der Waals surface area contributed by atoms with Gasteiger partial charge in [0.15, 0.2) is 5.78 Å². The van der Waals surface area contributed by atoms with Crippen LogP contribution in [0.2, 0.25) is 0 Å². The van der Waals surface area contributed by atoms with Gasteiger partial charge in [-0.2, -0.15) is 0 Å². The quantitative estimate of drug-likeness (QED) is 0.579. The molecule has 7 heteroatoms. The Balaban J connectivity index is 1.66. The maximum atomic E-state index is 13.3. The zero-order chi connectivity index (χ0) is 21.3. The molecular formula is C23H21FN2O3S. The van der Waals surface area contributed by atoms with Gasteiger partial charge in [0.1, 0.15) is 5.82 Å². The lowest BCUT2D eigenvalue weighted by molar-refractivity contribution is 0.0992. The summed E-state index contributed by atoms with van der Waals surface area (Å²) in [6, 6.07) is 13.8. The van der Waals surface area contributed by atoms with Crippen molar-refractivity contribution in [2.45, 2.75) is 31.1 Å². The predicted octanol–water partition coefficient (Wildman–Crippen LogP) is 4.10. The SMILES string of the molecule is Cc1cc(C(=O)Cc2ccc3c(c2)N(S(=O)(=O)c2ccc(F)cc2)CCC3)ccn1. The minimum absolute atomic E-state index is 0.0468. The Morgan fingerprint density at radius 3 is 2.60 bits per heavy atom. The fraction of sp³-hybridized carbons (Fsp3) is 0.217. The van der Waals surface area contributed by atoms with Crippen molar-refractivity contribution in [1.82, 2.24) is 4.98 Å². The topological polar surface area (TPSA) is 67.3 Å². The molecule has 0 bridgehead atoms. The summed E-state index contributed by atoms with van der Waals surface area (Å²) in [4.78, 5) is 16.8. The van der Waals surface area contributed by atoms with Gasteiger partial charge >= 0.3 is 0 Å². The minimum atomic E-state index is -3.82. The first-order valence-corrected chi connectivity index (χ1v) is 11.1. The molecule has 0 radical (unpaired) electrons. The highest BCUT2D eigenvalue weighted by molar-refractivity contribution is 7.92. The average molecular weight is 424 g/mol. The molecule has 0 aliphatic carbocycles. The fourth-order valence-corrected chi connectivity index (χ4v) is 5.22. The Bertz CT molecular complexity index is 1210. The molecule has 154 valence electrons. The summed E-state index contributed by atoms with van der Waals surface area (Å²) < 4.78 is 41.0. The van der Waals surface area contributed by atoms with Crippen LogP contribution in [0, 0.1) is 12.7 Å². The summed E-state index contributed by atoms with van der Waals surface area (Å²) >= 11 is 0. The average Bonchev–Trinajstić information content (AvgIpc) is 2.73. The second-order valence-corrected chi connectivity index (χ2v) is 9.25. The number of hydrogen-bond acceptors (Lipinski definition) is 4. The number of aryl methyl sites for hydroxylation is 2. The molecule has 0 fully saturated rings. The van der Waals surface area contributed by atoms with Gasteiger partial charge in [-0.3, -0.25) is 14.1 Å². The van der Waals surface area contributed by atoms with Crippen LogP contribution in [0.1, 0.15) is 33.6 Å². The van der Waals surface area contributed by atoms with Crippen molar-refractivity contribution in [3.63, 3.8) is 0 Å². The first-order chi connectivity index (χ1) is 14.3. The molecule has 1 aromatic heterocycles. The van der Waals surface area contributed by atoms with E-state index in [4.69, 9.17) is 0 Å². The number of aromatic nitrogens is 1.